The number of hydrogen-bond acceptors (Lipinski definition) is 5. The molecular formula is C6H11FO5. The smallest absolute Gasteiger partial charge is 0.184 e. The molecule has 5 nitrogen and oxygen atoms in total. The molecule has 0 aliphatic carbocycles. The van der Waals surface area contributed by atoms with Crippen LogP contribution in [0.15, 0.2) is 0 Å². The summed E-state index contributed by atoms with van der Waals surface area (Å²) in [7, 11) is 0. The fraction of sp³-hybridized carbons (Fsp3) is 1.00. The van der Waals surface area contributed by atoms with Gasteiger partial charge in [-0.25, -0.2) is 4.39 Å². The zero-order valence-corrected chi connectivity index (χ0v) is 6.17. The SMILES string of the molecule is OC1O[C@H](CF)[C@H](O)C(O)[C@H]1O. The summed E-state index contributed by atoms with van der Waals surface area (Å²) in [6.45, 7) is -1.03. The standard InChI is InChI=1S/C6H11FO5/c7-1-2-3(8)4(9)5(10)6(11)12-2/h2-6,8-11H,1H2/t2-,3+,4?,5-,6?/m1/s1. The first-order chi connectivity index (χ1) is 5.57. The molecule has 1 aliphatic heterocycles. The molecule has 1 saturated heterocycles. The van der Waals surface area contributed by atoms with E-state index in [4.69, 9.17) is 20.4 Å². The van der Waals surface area contributed by atoms with Crippen LogP contribution in [0.1, 0.15) is 0 Å². The first-order valence-electron chi connectivity index (χ1n) is 3.51. The van der Waals surface area contributed by atoms with Crippen molar-refractivity contribution in [3.8, 4) is 0 Å². The molecule has 4 N–H and O–H groups in total. The van der Waals surface area contributed by atoms with Gasteiger partial charge in [-0.1, -0.05) is 0 Å². The Morgan fingerprint density at radius 3 is 2.08 bits per heavy atom. The van der Waals surface area contributed by atoms with Crippen LogP contribution in [0.25, 0.3) is 0 Å². The van der Waals surface area contributed by atoms with Crippen LogP contribution in [0.4, 0.5) is 4.39 Å². The van der Waals surface area contributed by atoms with Crippen LogP contribution in [0.3, 0.4) is 0 Å². The third-order valence-corrected chi connectivity index (χ3v) is 1.84. The molecule has 1 heterocycles. The monoisotopic (exact) mass is 182 g/mol. The molecule has 1 fully saturated rings. The van der Waals surface area contributed by atoms with E-state index in [1.807, 2.05) is 0 Å². The minimum absolute atomic E-state index is 1.03. The van der Waals surface area contributed by atoms with Crippen molar-refractivity contribution >= 4 is 0 Å². The zero-order valence-electron chi connectivity index (χ0n) is 6.17. The molecule has 0 bridgehead atoms. The van der Waals surface area contributed by atoms with Gasteiger partial charge in [-0.3, -0.25) is 0 Å². The lowest BCUT2D eigenvalue weighted by Gasteiger charge is -2.37. The van der Waals surface area contributed by atoms with Crippen molar-refractivity contribution in [2.45, 2.75) is 30.7 Å². The highest BCUT2D eigenvalue weighted by Crippen LogP contribution is 2.19. The summed E-state index contributed by atoms with van der Waals surface area (Å²) >= 11 is 0. The summed E-state index contributed by atoms with van der Waals surface area (Å²) < 4.78 is 16.5. The Kier molecular flexibility index (Phi) is 2.97. The second-order valence-electron chi connectivity index (χ2n) is 2.69. The Labute approximate surface area is 68.0 Å². The van der Waals surface area contributed by atoms with Gasteiger partial charge in [0.2, 0.25) is 0 Å². The van der Waals surface area contributed by atoms with E-state index in [9.17, 15) is 4.39 Å². The average Bonchev–Trinajstić information content (AvgIpc) is 2.08. The van der Waals surface area contributed by atoms with Crippen molar-refractivity contribution in [1.29, 1.82) is 0 Å². The molecule has 5 atom stereocenters. The highest BCUT2D eigenvalue weighted by atomic mass is 19.1. The van der Waals surface area contributed by atoms with Crippen LogP contribution in [0.2, 0.25) is 0 Å². The van der Waals surface area contributed by atoms with Crippen LogP contribution in [0, 0.1) is 0 Å². The van der Waals surface area contributed by atoms with Crippen molar-refractivity contribution in [2.24, 2.45) is 0 Å². The van der Waals surface area contributed by atoms with Crippen LogP contribution in [-0.2, 0) is 4.74 Å². The summed E-state index contributed by atoms with van der Waals surface area (Å²) in [4.78, 5) is 0. The highest BCUT2D eigenvalue weighted by molar-refractivity contribution is 4.88. The van der Waals surface area contributed by atoms with E-state index >= 15 is 0 Å². The number of halogens is 1. The molecule has 0 aromatic carbocycles. The minimum Gasteiger partial charge on any atom is -0.387 e. The molecule has 1 aliphatic rings. The van der Waals surface area contributed by atoms with E-state index < -0.39 is 37.4 Å². The Hall–Kier alpha value is -0.270. The number of aliphatic hydroxyl groups is 4. The fourth-order valence-corrected chi connectivity index (χ4v) is 1.06. The number of hydrogen-bond donors (Lipinski definition) is 4. The molecule has 0 aromatic rings. The molecule has 2 unspecified atom stereocenters. The molecule has 0 radical (unpaired) electrons. The van der Waals surface area contributed by atoms with Crippen molar-refractivity contribution < 1.29 is 29.6 Å². The third-order valence-electron chi connectivity index (χ3n) is 1.84. The summed E-state index contributed by atoms with van der Waals surface area (Å²) in [5.41, 5.74) is 0. The van der Waals surface area contributed by atoms with Crippen molar-refractivity contribution in [2.75, 3.05) is 6.67 Å². The lowest BCUT2D eigenvalue weighted by molar-refractivity contribution is -0.283. The largest absolute Gasteiger partial charge is 0.387 e. The normalized spacial score (nSPS) is 49.2. The first-order valence-corrected chi connectivity index (χ1v) is 3.51. The van der Waals surface area contributed by atoms with Crippen molar-refractivity contribution in [1.82, 2.24) is 0 Å². The maximum atomic E-state index is 12.0. The Morgan fingerprint density at radius 2 is 1.58 bits per heavy atom. The van der Waals surface area contributed by atoms with Gasteiger partial charge in [0, 0.05) is 0 Å². The molecule has 0 saturated carbocycles. The molecule has 12 heavy (non-hydrogen) atoms. The van der Waals surface area contributed by atoms with Crippen LogP contribution in [-0.4, -0.2) is 57.8 Å². The second kappa shape index (κ2) is 3.63. The van der Waals surface area contributed by atoms with Gasteiger partial charge in [-0.05, 0) is 0 Å². The third kappa shape index (κ3) is 1.57. The second-order valence-corrected chi connectivity index (χ2v) is 2.69. The van der Waals surface area contributed by atoms with Gasteiger partial charge in [-0.15, -0.1) is 0 Å². The van der Waals surface area contributed by atoms with E-state index in [0.717, 1.165) is 0 Å². The average molecular weight is 182 g/mol. The zero-order chi connectivity index (χ0) is 9.30. The van der Waals surface area contributed by atoms with Crippen LogP contribution < -0.4 is 0 Å². The van der Waals surface area contributed by atoms with Gasteiger partial charge in [0.1, 0.15) is 31.1 Å². The number of ether oxygens (including phenoxy) is 1. The molecule has 0 spiro atoms. The Balaban J connectivity index is 2.63. The number of aliphatic hydroxyl groups excluding tert-OH is 4. The molecule has 0 aromatic heterocycles. The summed E-state index contributed by atoms with van der Waals surface area (Å²) in [6, 6.07) is 0. The van der Waals surface area contributed by atoms with Gasteiger partial charge in [0.15, 0.2) is 6.29 Å². The van der Waals surface area contributed by atoms with E-state index in [0.29, 0.717) is 0 Å². The predicted octanol–water partition coefficient (Wildman–Crippen LogP) is -2.24. The van der Waals surface area contributed by atoms with E-state index in [-0.39, 0.29) is 0 Å². The Bertz CT molecular complexity index is 150. The summed E-state index contributed by atoms with van der Waals surface area (Å²) in [5, 5.41) is 35.8. The summed E-state index contributed by atoms with van der Waals surface area (Å²) in [5.74, 6) is 0. The maximum absolute atomic E-state index is 12.0. The lowest BCUT2D eigenvalue weighted by atomic mass is 10.00. The highest BCUT2D eigenvalue weighted by Gasteiger charge is 2.42. The molecule has 6 heteroatoms. The van der Waals surface area contributed by atoms with Crippen molar-refractivity contribution in [3.05, 3.63) is 0 Å². The van der Waals surface area contributed by atoms with Gasteiger partial charge in [0.25, 0.3) is 0 Å². The van der Waals surface area contributed by atoms with Gasteiger partial charge in [0.05, 0.1) is 0 Å². The maximum Gasteiger partial charge on any atom is 0.184 e. The first kappa shape index (κ1) is 9.82. The van der Waals surface area contributed by atoms with Gasteiger partial charge < -0.3 is 25.2 Å². The molecule has 72 valence electrons. The van der Waals surface area contributed by atoms with E-state index in [1.165, 1.54) is 0 Å². The fourth-order valence-electron chi connectivity index (χ4n) is 1.06. The van der Waals surface area contributed by atoms with Crippen LogP contribution >= 0.6 is 0 Å². The minimum atomic E-state index is -1.65. The van der Waals surface area contributed by atoms with E-state index in [2.05, 4.69) is 4.74 Å². The molecular weight excluding hydrogens is 171 g/mol. The summed E-state index contributed by atoms with van der Waals surface area (Å²) in [6.07, 6.45) is -7.60. The molecule has 1 rings (SSSR count). The van der Waals surface area contributed by atoms with Gasteiger partial charge in [-0.2, -0.15) is 0 Å². The predicted molar refractivity (Wildman–Crippen MR) is 34.9 cm³/mol. The molecule has 0 amide bonds. The van der Waals surface area contributed by atoms with E-state index in [1.54, 1.807) is 0 Å². The Morgan fingerprint density at radius 1 is 1.00 bits per heavy atom. The quantitative estimate of drug-likeness (QED) is 0.368. The topological polar surface area (TPSA) is 90.2 Å². The number of rotatable bonds is 1. The van der Waals surface area contributed by atoms with Gasteiger partial charge >= 0.3 is 0 Å². The lowest BCUT2D eigenvalue weighted by Crippen LogP contribution is -2.58. The van der Waals surface area contributed by atoms with Crippen molar-refractivity contribution in [3.63, 3.8) is 0 Å². The number of alkyl halides is 1. The van der Waals surface area contributed by atoms with Crippen LogP contribution in [0.5, 0.6) is 0 Å².